The van der Waals surface area contributed by atoms with Crippen LogP contribution in [0.4, 0.5) is 5.69 Å². The molecular formula is C32H49NO. The Hall–Kier alpha value is -1.57. The minimum Gasteiger partial charge on any atom is -0.323 e. The predicted octanol–water partition coefficient (Wildman–Crippen LogP) is 9.28. The van der Waals surface area contributed by atoms with Gasteiger partial charge in [0.25, 0.3) is 0 Å². The molecule has 1 aromatic carbocycles. The van der Waals surface area contributed by atoms with Gasteiger partial charge in [-0.15, -0.1) is 0 Å². The quantitative estimate of drug-likeness (QED) is 0.287. The number of unbranched alkanes of at least 4 members (excludes halogenated alkanes) is 2. The van der Waals surface area contributed by atoms with Crippen molar-refractivity contribution < 1.29 is 4.79 Å². The SMILES string of the molecule is C=CC(=O)Nc1ccc(C2CCC(C3CCC(C4CCC(CCCCC)CC4)CC3)CC2)cc1. The van der Waals surface area contributed by atoms with Crippen molar-refractivity contribution in [3.8, 4) is 0 Å². The fourth-order valence-corrected chi connectivity index (χ4v) is 7.67. The summed E-state index contributed by atoms with van der Waals surface area (Å²) in [7, 11) is 0. The Bertz CT molecular complexity index is 744. The van der Waals surface area contributed by atoms with Crippen LogP contribution in [0.1, 0.15) is 121 Å². The molecule has 0 saturated heterocycles. The van der Waals surface area contributed by atoms with Crippen LogP contribution < -0.4 is 5.32 Å². The molecule has 0 unspecified atom stereocenters. The number of carbonyl (C=O) groups excluding carboxylic acids is 1. The average molecular weight is 464 g/mol. The molecule has 4 rings (SSSR count). The van der Waals surface area contributed by atoms with Crippen LogP contribution in [-0.4, -0.2) is 5.91 Å². The molecule has 0 heterocycles. The summed E-state index contributed by atoms with van der Waals surface area (Å²) in [6.07, 6.45) is 24.8. The van der Waals surface area contributed by atoms with Gasteiger partial charge in [-0.2, -0.15) is 0 Å². The molecule has 188 valence electrons. The van der Waals surface area contributed by atoms with E-state index in [1.54, 1.807) is 0 Å². The Kier molecular flexibility index (Phi) is 9.71. The number of carbonyl (C=O) groups is 1. The zero-order valence-corrected chi connectivity index (χ0v) is 21.8. The first kappa shape index (κ1) is 25.5. The molecule has 0 radical (unpaired) electrons. The minimum absolute atomic E-state index is 0.141. The van der Waals surface area contributed by atoms with Crippen LogP contribution in [0.3, 0.4) is 0 Å². The summed E-state index contributed by atoms with van der Waals surface area (Å²) >= 11 is 0. The third kappa shape index (κ3) is 6.98. The summed E-state index contributed by atoms with van der Waals surface area (Å²) in [5.41, 5.74) is 2.31. The fraction of sp³-hybridized carbons (Fsp3) is 0.719. The van der Waals surface area contributed by atoms with Crippen molar-refractivity contribution in [3.05, 3.63) is 42.5 Å². The van der Waals surface area contributed by atoms with Gasteiger partial charge in [-0.1, -0.05) is 64.2 Å². The molecule has 3 aliphatic rings. The second kappa shape index (κ2) is 12.9. The van der Waals surface area contributed by atoms with Gasteiger partial charge in [0.15, 0.2) is 0 Å². The zero-order valence-electron chi connectivity index (χ0n) is 21.8. The van der Waals surface area contributed by atoms with Gasteiger partial charge in [0.2, 0.25) is 5.91 Å². The summed E-state index contributed by atoms with van der Waals surface area (Å²) in [4.78, 5) is 11.5. The molecule has 1 N–H and O–H groups in total. The largest absolute Gasteiger partial charge is 0.323 e. The number of amides is 1. The van der Waals surface area contributed by atoms with E-state index in [9.17, 15) is 4.79 Å². The highest BCUT2D eigenvalue weighted by Gasteiger charge is 2.34. The maximum atomic E-state index is 11.5. The molecule has 0 aromatic heterocycles. The lowest BCUT2D eigenvalue weighted by atomic mass is 9.64. The molecule has 0 spiro atoms. The normalized spacial score (nSPS) is 32.1. The number of rotatable bonds is 9. The van der Waals surface area contributed by atoms with Crippen LogP contribution in [0.15, 0.2) is 36.9 Å². The summed E-state index contributed by atoms with van der Waals surface area (Å²) in [5.74, 6) is 5.68. The molecule has 0 bridgehead atoms. The van der Waals surface area contributed by atoms with E-state index in [0.29, 0.717) is 5.92 Å². The highest BCUT2D eigenvalue weighted by Crippen LogP contribution is 2.47. The highest BCUT2D eigenvalue weighted by molar-refractivity contribution is 5.98. The van der Waals surface area contributed by atoms with E-state index in [4.69, 9.17) is 0 Å². The summed E-state index contributed by atoms with van der Waals surface area (Å²) < 4.78 is 0. The number of anilines is 1. The number of nitrogens with one attached hydrogen (secondary N) is 1. The van der Waals surface area contributed by atoms with Crippen molar-refractivity contribution in [2.45, 2.75) is 116 Å². The van der Waals surface area contributed by atoms with E-state index < -0.39 is 0 Å². The lowest BCUT2D eigenvalue weighted by molar-refractivity contribution is -0.111. The number of benzene rings is 1. The van der Waals surface area contributed by atoms with Gasteiger partial charge >= 0.3 is 0 Å². The van der Waals surface area contributed by atoms with E-state index in [-0.39, 0.29) is 5.91 Å². The van der Waals surface area contributed by atoms with Crippen molar-refractivity contribution >= 4 is 11.6 Å². The van der Waals surface area contributed by atoms with Crippen LogP contribution in [0.25, 0.3) is 0 Å². The van der Waals surface area contributed by atoms with Crippen molar-refractivity contribution in [1.82, 2.24) is 0 Å². The molecule has 1 aromatic rings. The third-order valence-corrected chi connectivity index (χ3v) is 9.86. The Balaban J connectivity index is 1.15. The van der Waals surface area contributed by atoms with Crippen molar-refractivity contribution in [2.24, 2.45) is 29.6 Å². The second-order valence-corrected chi connectivity index (χ2v) is 11.9. The van der Waals surface area contributed by atoms with Gasteiger partial charge in [0.1, 0.15) is 0 Å². The maximum Gasteiger partial charge on any atom is 0.247 e. The highest BCUT2D eigenvalue weighted by atomic mass is 16.1. The molecule has 0 atom stereocenters. The van der Waals surface area contributed by atoms with Gasteiger partial charge < -0.3 is 5.32 Å². The topological polar surface area (TPSA) is 29.1 Å². The van der Waals surface area contributed by atoms with Crippen LogP contribution in [0.2, 0.25) is 0 Å². The van der Waals surface area contributed by atoms with E-state index in [0.717, 1.165) is 35.3 Å². The van der Waals surface area contributed by atoms with Gasteiger partial charge in [0, 0.05) is 5.69 Å². The lowest BCUT2D eigenvalue weighted by Gasteiger charge is -2.41. The first-order valence-electron chi connectivity index (χ1n) is 14.7. The Morgan fingerprint density at radius 1 is 0.794 bits per heavy atom. The number of hydrogen-bond acceptors (Lipinski definition) is 1. The van der Waals surface area contributed by atoms with E-state index in [1.807, 2.05) is 12.1 Å². The third-order valence-electron chi connectivity index (χ3n) is 9.86. The van der Waals surface area contributed by atoms with E-state index in [2.05, 4.69) is 31.0 Å². The zero-order chi connectivity index (χ0) is 23.8. The fourth-order valence-electron chi connectivity index (χ4n) is 7.67. The standard InChI is InChI=1S/C32H49NO/c1-3-5-6-7-24-8-10-25(11-9-24)26-12-14-27(15-13-26)28-16-18-29(19-17-28)30-20-22-31(23-21-30)33-32(34)4-2/h4,20-29H,2-3,5-19H2,1H3,(H,33,34). The van der Waals surface area contributed by atoms with Gasteiger partial charge in [0.05, 0.1) is 0 Å². The molecule has 34 heavy (non-hydrogen) atoms. The lowest BCUT2D eigenvalue weighted by Crippen LogP contribution is -2.29. The molecule has 3 aliphatic carbocycles. The molecule has 3 fully saturated rings. The Labute approximate surface area is 209 Å². The summed E-state index contributed by atoms with van der Waals surface area (Å²) in [6, 6.07) is 8.52. The molecular weight excluding hydrogens is 414 g/mol. The molecule has 0 aliphatic heterocycles. The monoisotopic (exact) mass is 463 g/mol. The molecule has 1 amide bonds. The molecule has 2 nitrogen and oxygen atoms in total. The summed E-state index contributed by atoms with van der Waals surface area (Å²) in [5, 5.41) is 2.85. The van der Waals surface area contributed by atoms with Gasteiger partial charge in [-0.05, 0) is 123 Å². The van der Waals surface area contributed by atoms with E-state index in [1.165, 1.54) is 114 Å². The summed E-state index contributed by atoms with van der Waals surface area (Å²) in [6.45, 7) is 5.85. The van der Waals surface area contributed by atoms with Gasteiger partial charge in [-0.3, -0.25) is 4.79 Å². The Morgan fingerprint density at radius 3 is 1.79 bits per heavy atom. The number of hydrogen-bond donors (Lipinski definition) is 1. The van der Waals surface area contributed by atoms with E-state index >= 15 is 0 Å². The smallest absolute Gasteiger partial charge is 0.247 e. The van der Waals surface area contributed by atoms with Crippen molar-refractivity contribution in [1.29, 1.82) is 0 Å². The molecule has 2 heteroatoms. The van der Waals surface area contributed by atoms with Crippen molar-refractivity contribution in [3.63, 3.8) is 0 Å². The van der Waals surface area contributed by atoms with Gasteiger partial charge in [-0.25, -0.2) is 0 Å². The maximum absolute atomic E-state index is 11.5. The minimum atomic E-state index is -0.141. The first-order chi connectivity index (χ1) is 16.7. The molecule has 3 saturated carbocycles. The predicted molar refractivity (Wildman–Crippen MR) is 145 cm³/mol. The first-order valence-corrected chi connectivity index (χ1v) is 14.7. The van der Waals surface area contributed by atoms with Crippen molar-refractivity contribution in [2.75, 3.05) is 5.32 Å². The van der Waals surface area contributed by atoms with Crippen LogP contribution in [-0.2, 0) is 4.79 Å². The van der Waals surface area contributed by atoms with Crippen LogP contribution in [0.5, 0.6) is 0 Å². The average Bonchev–Trinajstić information content (AvgIpc) is 2.90. The second-order valence-electron chi connectivity index (χ2n) is 11.9. The van der Waals surface area contributed by atoms with Crippen LogP contribution >= 0.6 is 0 Å². The Morgan fingerprint density at radius 2 is 1.29 bits per heavy atom. The van der Waals surface area contributed by atoms with Crippen LogP contribution in [0, 0.1) is 29.6 Å².